The van der Waals surface area contributed by atoms with Gasteiger partial charge in [0.05, 0.1) is 11.0 Å². The number of hydrogen-bond donors (Lipinski definition) is 0. The topological polar surface area (TPSA) is 17.3 Å². The Hall–Kier alpha value is -4.43. The maximum absolute atomic E-state index is 5.16. The van der Waals surface area contributed by atoms with Crippen LogP contribution in [0.25, 0.3) is 56.8 Å². The number of benzene rings is 4. The molecule has 0 fully saturated rings. The first-order chi connectivity index (χ1) is 18.3. The molecule has 2 nitrogen and oxygen atoms in total. The summed E-state index contributed by atoms with van der Waals surface area (Å²) in [6.07, 6.45) is 12.1. The van der Waals surface area contributed by atoms with E-state index in [2.05, 4.69) is 127 Å². The lowest BCUT2D eigenvalue weighted by Crippen LogP contribution is -2.24. The van der Waals surface area contributed by atoms with Crippen molar-refractivity contribution in [1.29, 1.82) is 0 Å². The van der Waals surface area contributed by atoms with Crippen molar-refractivity contribution in [2.45, 2.75) is 26.2 Å². The molecule has 2 aromatic heterocycles. The number of imidazole rings is 1. The van der Waals surface area contributed by atoms with Crippen LogP contribution in [0.2, 0.25) is 0 Å². The Morgan fingerprint density at radius 1 is 0.811 bits per heavy atom. The smallest absolute Gasteiger partial charge is 0.146 e. The summed E-state index contributed by atoms with van der Waals surface area (Å²) in [7, 11) is 0. The molecular formula is C35H28N2. The van der Waals surface area contributed by atoms with Gasteiger partial charge in [-0.3, -0.25) is 4.40 Å². The van der Waals surface area contributed by atoms with Crippen molar-refractivity contribution >= 4 is 45.7 Å². The van der Waals surface area contributed by atoms with Crippen molar-refractivity contribution in [3.8, 4) is 11.1 Å². The van der Waals surface area contributed by atoms with Gasteiger partial charge in [-0.2, -0.15) is 0 Å². The van der Waals surface area contributed by atoms with Gasteiger partial charge in [-0.05, 0) is 76.9 Å². The second-order valence-corrected chi connectivity index (χ2v) is 9.85. The molecule has 4 aromatic carbocycles. The molecular weight excluding hydrogens is 448 g/mol. The molecule has 37 heavy (non-hydrogen) atoms. The molecule has 0 amide bonds. The number of hydrogen-bond acceptors (Lipinski definition) is 1. The summed E-state index contributed by atoms with van der Waals surface area (Å²) in [4.78, 5) is 5.16. The van der Waals surface area contributed by atoms with Crippen molar-refractivity contribution < 1.29 is 0 Å². The van der Waals surface area contributed by atoms with Crippen molar-refractivity contribution in [3.05, 3.63) is 124 Å². The molecule has 2 heteroatoms. The maximum Gasteiger partial charge on any atom is 0.146 e. The van der Waals surface area contributed by atoms with Gasteiger partial charge in [0.1, 0.15) is 5.65 Å². The third-order valence-corrected chi connectivity index (χ3v) is 7.65. The molecule has 0 bridgehead atoms. The van der Waals surface area contributed by atoms with Crippen LogP contribution in [0.15, 0.2) is 97.1 Å². The third-order valence-electron chi connectivity index (χ3n) is 7.65. The first-order valence-electron chi connectivity index (χ1n) is 13.1. The van der Waals surface area contributed by atoms with E-state index < -0.39 is 0 Å². The van der Waals surface area contributed by atoms with Gasteiger partial charge in [0.25, 0.3) is 0 Å². The maximum atomic E-state index is 5.16. The highest BCUT2D eigenvalue weighted by atomic mass is 15.0. The molecule has 178 valence electrons. The van der Waals surface area contributed by atoms with E-state index in [1.54, 1.807) is 0 Å². The summed E-state index contributed by atoms with van der Waals surface area (Å²) in [5.41, 5.74) is 9.84. The van der Waals surface area contributed by atoms with E-state index in [4.69, 9.17) is 4.98 Å². The molecule has 1 aliphatic carbocycles. The van der Waals surface area contributed by atoms with Crippen LogP contribution in [0, 0.1) is 0 Å². The van der Waals surface area contributed by atoms with Crippen LogP contribution in [0.5, 0.6) is 0 Å². The predicted octanol–water partition coefficient (Wildman–Crippen LogP) is 7.09. The summed E-state index contributed by atoms with van der Waals surface area (Å²) in [6, 6.07) is 32.8. The highest BCUT2D eigenvalue weighted by molar-refractivity contribution is 6.03. The van der Waals surface area contributed by atoms with Crippen molar-refractivity contribution in [3.63, 3.8) is 0 Å². The minimum atomic E-state index is 0.872. The largest absolute Gasteiger partial charge is 0.295 e. The zero-order valence-electron chi connectivity index (χ0n) is 21.0. The summed E-state index contributed by atoms with van der Waals surface area (Å²) in [6.45, 7) is 2.12. The van der Waals surface area contributed by atoms with Gasteiger partial charge < -0.3 is 0 Å². The van der Waals surface area contributed by atoms with E-state index in [0.717, 1.165) is 30.4 Å². The van der Waals surface area contributed by atoms with Gasteiger partial charge in [0.2, 0.25) is 0 Å². The van der Waals surface area contributed by atoms with E-state index in [1.807, 2.05) is 0 Å². The molecule has 0 unspecified atom stereocenters. The summed E-state index contributed by atoms with van der Waals surface area (Å²) < 4.78 is 2.40. The molecule has 6 aromatic rings. The van der Waals surface area contributed by atoms with Crippen LogP contribution in [-0.4, -0.2) is 9.38 Å². The highest BCUT2D eigenvalue weighted by Crippen LogP contribution is 2.34. The van der Waals surface area contributed by atoms with Crippen LogP contribution < -0.4 is 10.4 Å². The normalized spacial score (nSPS) is 14.2. The fraction of sp³-hybridized carbons (Fsp3) is 0.114. The number of allylic oxidation sites excluding steroid dienone is 1. The van der Waals surface area contributed by atoms with Crippen LogP contribution in [-0.2, 0) is 12.8 Å². The average molecular weight is 477 g/mol. The van der Waals surface area contributed by atoms with Crippen molar-refractivity contribution in [1.82, 2.24) is 9.38 Å². The Morgan fingerprint density at radius 2 is 1.65 bits per heavy atom. The van der Waals surface area contributed by atoms with Gasteiger partial charge in [-0.1, -0.05) is 97.1 Å². The minimum absolute atomic E-state index is 0.872. The number of pyridine rings is 1. The monoisotopic (exact) mass is 476 g/mol. The van der Waals surface area contributed by atoms with E-state index in [0.29, 0.717) is 0 Å². The van der Waals surface area contributed by atoms with Gasteiger partial charge in [0.15, 0.2) is 0 Å². The number of rotatable bonds is 3. The zero-order chi connectivity index (χ0) is 24.8. The number of fused-ring (bicyclic) bond motifs is 8. The van der Waals surface area contributed by atoms with Gasteiger partial charge in [0, 0.05) is 16.6 Å². The van der Waals surface area contributed by atoms with Crippen molar-refractivity contribution in [2.75, 3.05) is 0 Å². The lowest BCUT2D eigenvalue weighted by Gasteiger charge is -2.17. The quantitative estimate of drug-likeness (QED) is 0.266. The molecule has 7 rings (SSSR count). The lowest BCUT2D eigenvalue weighted by atomic mass is 9.96. The molecule has 0 atom stereocenters. The van der Waals surface area contributed by atoms with E-state index in [9.17, 15) is 0 Å². The molecule has 1 aliphatic rings. The van der Waals surface area contributed by atoms with Gasteiger partial charge in [-0.15, -0.1) is 0 Å². The molecule has 0 N–H and O–H groups in total. The van der Waals surface area contributed by atoms with E-state index in [-0.39, 0.29) is 0 Å². The van der Waals surface area contributed by atoms with Crippen LogP contribution in [0.4, 0.5) is 0 Å². The first-order valence-corrected chi connectivity index (χ1v) is 13.1. The number of aryl methyl sites for hydroxylation is 1. The lowest BCUT2D eigenvalue weighted by molar-refractivity contribution is 0.912. The molecule has 0 spiro atoms. The Morgan fingerprint density at radius 3 is 2.51 bits per heavy atom. The SMILES string of the molecule is C/C=c1/cc(-c2ccccc2)cc/c1=C/Cc1ccc2c(c1)nc1c3ccccc3c3c(n21)CCC=C3. The molecule has 0 aliphatic heterocycles. The zero-order valence-corrected chi connectivity index (χ0v) is 21.0. The minimum Gasteiger partial charge on any atom is -0.295 e. The Labute approximate surface area is 216 Å². The molecule has 0 radical (unpaired) electrons. The van der Waals surface area contributed by atoms with E-state index in [1.165, 1.54) is 54.7 Å². The number of nitrogens with zero attached hydrogens (tertiary/aromatic N) is 2. The van der Waals surface area contributed by atoms with Crippen molar-refractivity contribution in [2.24, 2.45) is 0 Å². The average Bonchev–Trinajstić information content (AvgIpc) is 3.36. The fourth-order valence-electron chi connectivity index (χ4n) is 5.80. The van der Waals surface area contributed by atoms with Crippen LogP contribution >= 0.6 is 0 Å². The van der Waals surface area contributed by atoms with Gasteiger partial charge >= 0.3 is 0 Å². The van der Waals surface area contributed by atoms with Gasteiger partial charge in [-0.25, -0.2) is 4.98 Å². The fourth-order valence-corrected chi connectivity index (χ4v) is 5.80. The Kier molecular flexibility index (Phi) is 5.25. The predicted molar refractivity (Wildman–Crippen MR) is 157 cm³/mol. The second-order valence-electron chi connectivity index (χ2n) is 9.85. The highest BCUT2D eigenvalue weighted by Gasteiger charge is 2.18. The molecule has 0 saturated heterocycles. The third kappa shape index (κ3) is 3.68. The summed E-state index contributed by atoms with van der Waals surface area (Å²) in [5.74, 6) is 0. The van der Waals surface area contributed by atoms with Crippen LogP contribution in [0.1, 0.15) is 30.2 Å². The van der Waals surface area contributed by atoms with Crippen LogP contribution in [0.3, 0.4) is 0 Å². The Bertz CT molecular complexity index is 1960. The second kappa shape index (κ2) is 8.90. The summed E-state index contributed by atoms with van der Waals surface area (Å²) in [5, 5.41) is 5.05. The van der Waals surface area contributed by atoms with E-state index >= 15 is 0 Å². The summed E-state index contributed by atoms with van der Waals surface area (Å²) >= 11 is 0. The Balaban J connectivity index is 1.32. The number of aromatic nitrogens is 2. The first kappa shape index (κ1) is 21.8. The molecule has 2 heterocycles. The standard InChI is InChI=1S/C35H28N2/c1-2-25-23-28(26-10-4-3-5-11-26)20-19-27(25)18-16-24-17-21-34-32(22-24)36-35-31-14-7-6-12-29(31)30-13-8-9-15-33(30)37(34)35/h2-8,10-14,17-23H,9,15-16H2,1H3/b25-2-,27-18-. The molecule has 0 saturated carbocycles.